The lowest BCUT2D eigenvalue weighted by Crippen LogP contribution is -2.17. The maximum absolute atomic E-state index is 4.56. The van der Waals surface area contributed by atoms with Crippen LogP contribution in [0.2, 0.25) is 0 Å². The van der Waals surface area contributed by atoms with Gasteiger partial charge < -0.3 is 15.5 Å². The minimum Gasteiger partial charge on any atom is -0.354 e. The topological polar surface area (TPSA) is 53.1 Å². The molecular formula is C18H27N5. The van der Waals surface area contributed by atoms with Gasteiger partial charge in [0.1, 0.15) is 5.82 Å². The Morgan fingerprint density at radius 1 is 1.04 bits per heavy atom. The summed E-state index contributed by atoms with van der Waals surface area (Å²) in [5, 5.41) is 6.69. The Morgan fingerprint density at radius 3 is 2.52 bits per heavy atom. The van der Waals surface area contributed by atoms with Gasteiger partial charge >= 0.3 is 0 Å². The molecule has 124 valence electrons. The Hall–Kier alpha value is -2.14. The normalized spacial score (nSPS) is 10.9. The first-order chi connectivity index (χ1) is 10.9. The van der Waals surface area contributed by atoms with E-state index in [1.165, 1.54) is 11.1 Å². The molecule has 0 spiro atoms. The maximum atomic E-state index is 4.56. The molecule has 2 aromatic rings. The van der Waals surface area contributed by atoms with Crippen LogP contribution < -0.4 is 10.6 Å². The van der Waals surface area contributed by atoms with E-state index in [2.05, 4.69) is 71.6 Å². The van der Waals surface area contributed by atoms with Crippen molar-refractivity contribution in [1.82, 2.24) is 14.9 Å². The number of nitrogens with one attached hydrogen (secondary N) is 2. The zero-order chi connectivity index (χ0) is 16.8. The molecule has 0 saturated heterocycles. The number of aromatic nitrogens is 2. The molecule has 0 atom stereocenters. The van der Waals surface area contributed by atoms with Gasteiger partial charge in [-0.1, -0.05) is 17.7 Å². The van der Waals surface area contributed by atoms with Crippen LogP contribution in [0.5, 0.6) is 0 Å². The van der Waals surface area contributed by atoms with Crippen molar-refractivity contribution in [3.63, 3.8) is 0 Å². The van der Waals surface area contributed by atoms with Crippen LogP contribution in [0.15, 0.2) is 24.3 Å². The minimum absolute atomic E-state index is 0.677. The fourth-order valence-electron chi connectivity index (χ4n) is 2.40. The van der Waals surface area contributed by atoms with Crippen LogP contribution in [-0.4, -0.2) is 42.1 Å². The molecule has 1 aromatic heterocycles. The summed E-state index contributed by atoms with van der Waals surface area (Å²) in [5.41, 5.74) is 4.49. The zero-order valence-electron chi connectivity index (χ0n) is 14.8. The number of benzene rings is 1. The summed E-state index contributed by atoms with van der Waals surface area (Å²) in [4.78, 5) is 11.2. The van der Waals surface area contributed by atoms with E-state index in [1.807, 2.05) is 13.0 Å². The van der Waals surface area contributed by atoms with Gasteiger partial charge in [0, 0.05) is 24.0 Å². The van der Waals surface area contributed by atoms with Crippen LogP contribution in [-0.2, 0) is 0 Å². The fourth-order valence-corrected chi connectivity index (χ4v) is 2.40. The van der Waals surface area contributed by atoms with E-state index in [9.17, 15) is 0 Å². The molecule has 0 aliphatic carbocycles. The highest BCUT2D eigenvalue weighted by Crippen LogP contribution is 2.21. The smallest absolute Gasteiger partial charge is 0.224 e. The zero-order valence-corrected chi connectivity index (χ0v) is 14.8. The lowest BCUT2D eigenvalue weighted by Gasteiger charge is -2.13. The van der Waals surface area contributed by atoms with E-state index < -0.39 is 0 Å². The molecule has 1 heterocycles. The van der Waals surface area contributed by atoms with Crippen molar-refractivity contribution in [3.8, 4) is 0 Å². The Morgan fingerprint density at radius 2 is 1.83 bits per heavy atom. The molecule has 2 rings (SSSR count). The summed E-state index contributed by atoms with van der Waals surface area (Å²) in [6, 6.07) is 8.32. The number of aryl methyl sites for hydroxylation is 3. The average molecular weight is 313 g/mol. The average Bonchev–Trinajstić information content (AvgIpc) is 2.46. The van der Waals surface area contributed by atoms with Gasteiger partial charge in [-0.15, -0.1) is 0 Å². The molecule has 5 heteroatoms. The van der Waals surface area contributed by atoms with Crippen LogP contribution in [0.4, 0.5) is 17.5 Å². The third kappa shape index (κ3) is 5.53. The van der Waals surface area contributed by atoms with Crippen LogP contribution >= 0.6 is 0 Å². The van der Waals surface area contributed by atoms with Crippen LogP contribution in [0, 0.1) is 20.8 Å². The number of hydrogen-bond acceptors (Lipinski definition) is 5. The second-order valence-electron chi connectivity index (χ2n) is 6.25. The van der Waals surface area contributed by atoms with Gasteiger partial charge in [0.25, 0.3) is 0 Å². The molecule has 5 nitrogen and oxygen atoms in total. The predicted octanol–water partition coefficient (Wildman–Crippen LogP) is 3.51. The van der Waals surface area contributed by atoms with Gasteiger partial charge in [-0.05, 0) is 59.5 Å². The molecule has 1 aromatic carbocycles. The molecule has 0 fully saturated rings. The molecule has 0 radical (unpaired) electrons. The van der Waals surface area contributed by atoms with E-state index >= 15 is 0 Å². The van der Waals surface area contributed by atoms with Gasteiger partial charge in [-0.2, -0.15) is 4.98 Å². The minimum atomic E-state index is 0.677. The molecular weight excluding hydrogens is 286 g/mol. The first-order valence-electron chi connectivity index (χ1n) is 8.02. The fraction of sp³-hybridized carbons (Fsp3) is 0.444. The van der Waals surface area contributed by atoms with Crippen molar-refractivity contribution in [1.29, 1.82) is 0 Å². The SMILES string of the molecule is Cc1ccc(Nc2cc(C)nc(NCCCN(C)C)n2)c(C)c1. The quantitative estimate of drug-likeness (QED) is 0.766. The first-order valence-corrected chi connectivity index (χ1v) is 8.02. The summed E-state index contributed by atoms with van der Waals surface area (Å²) in [6.07, 6.45) is 1.06. The molecule has 0 unspecified atom stereocenters. The van der Waals surface area contributed by atoms with E-state index in [0.717, 1.165) is 36.7 Å². The Labute approximate surface area is 139 Å². The van der Waals surface area contributed by atoms with E-state index in [0.29, 0.717) is 5.95 Å². The van der Waals surface area contributed by atoms with E-state index in [4.69, 9.17) is 0 Å². The molecule has 23 heavy (non-hydrogen) atoms. The number of hydrogen-bond donors (Lipinski definition) is 2. The number of nitrogens with zero attached hydrogens (tertiary/aromatic N) is 3. The third-order valence-corrected chi connectivity index (χ3v) is 3.56. The predicted molar refractivity (Wildman–Crippen MR) is 97.6 cm³/mol. The second-order valence-corrected chi connectivity index (χ2v) is 6.25. The molecule has 0 amide bonds. The monoisotopic (exact) mass is 313 g/mol. The van der Waals surface area contributed by atoms with Gasteiger partial charge in [0.15, 0.2) is 0 Å². The summed E-state index contributed by atoms with van der Waals surface area (Å²) < 4.78 is 0. The lowest BCUT2D eigenvalue weighted by molar-refractivity contribution is 0.405. The van der Waals surface area contributed by atoms with Crippen molar-refractivity contribution in [2.45, 2.75) is 27.2 Å². The van der Waals surface area contributed by atoms with Crippen LogP contribution in [0.25, 0.3) is 0 Å². The maximum Gasteiger partial charge on any atom is 0.224 e. The summed E-state index contributed by atoms with van der Waals surface area (Å²) in [5.74, 6) is 1.50. The van der Waals surface area contributed by atoms with Crippen molar-refractivity contribution < 1.29 is 0 Å². The molecule has 0 saturated carbocycles. The molecule has 0 aliphatic heterocycles. The highest BCUT2D eigenvalue weighted by molar-refractivity contribution is 5.61. The Balaban J connectivity index is 2.04. The summed E-state index contributed by atoms with van der Waals surface area (Å²) >= 11 is 0. The highest BCUT2D eigenvalue weighted by Gasteiger charge is 2.04. The highest BCUT2D eigenvalue weighted by atomic mass is 15.1. The van der Waals surface area contributed by atoms with E-state index in [-0.39, 0.29) is 0 Å². The largest absolute Gasteiger partial charge is 0.354 e. The van der Waals surface area contributed by atoms with Crippen LogP contribution in [0.1, 0.15) is 23.2 Å². The molecule has 0 bridgehead atoms. The van der Waals surface area contributed by atoms with Crippen molar-refractivity contribution in [3.05, 3.63) is 41.1 Å². The third-order valence-electron chi connectivity index (χ3n) is 3.56. The standard InChI is InChI=1S/C18H27N5/c1-13-7-8-16(14(2)11-13)21-17-12-15(3)20-18(22-17)19-9-6-10-23(4)5/h7-8,11-12H,6,9-10H2,1-5H3,(H2,19,20,21,22). The number of rotatable bonds is 7. The van der Waals surface area contributed by atoms with Crippen molar-refractivity contribution in [2.75, 3.05) is 37.8 Å². The first kappa shape index (κ1) is 17.2. The van der Waals surface area contributed by atoms with Gasteiger partial charge in [-0.3, -0.25) is 0 Å². The summed E-state index contributed by atoms with van der Waals surface area (Å²) in [7, 11) is 4.16. The van der Waals surface area contributed by atoms with E-state index in [1.54, 1.807) is 0 Å². The van der Waals surface area contributed by atoms with Crippen molar-refractivity contribution in [2.24, 2.45) is 0 Å². The Kier molecular flexibility index (Phi) is 5.93. The number of anilines is 3. The van der Waals surface area contributed by atoms with Gasteiger partial charge in [0.05, 0.1) is 0 Å². The Bertz CT molecular complexity index is 652. The van der Waals surface area contributed by atoms with Gasteiger partial charge in [0.2, 0.25) is 5.95 Å². The second kappa shape index (κ2) is 7.92. The molecule has 0 aliphatic rings. The lowest BCUT2D eigenvalue weighted by atomic mass is 10.1. The van der Waals surface area contributed by atoms with Crippen LogP contribution in [0.3, 0.4) is 0 Å². The summed E-state index contributed by atoms with van der Waals surface area (Å²) in [6.45, 7) is 8.10. The molecule has 2 N–H and O–H groups in total. The van der Waals surface area contributed by atoms with Gasteiger partial charge in [-0.25, -0.2) is 4.98 Å². The van der Waals surface area contributed by atoms with Crippen molar-refractivity contribution >= 4 is 17.5 Å².